The van der Waals surface area contributed by atoms with Crippen LogP contribution in [0.1, 0.15) is 31.7 Å². The van der Waals surface area contributed by atoms with E-state index in [2.05, 4.69) is 10.6 Å². The predicted molar refractivity (Wildman–Crippen MR) is 126 cm³/mol. The summed E-state index contributed by atoms with van der Waals surface area (Å²) >= 11 is 0. The highest BCUT2D eigenvalue weighted by Crippen LogP contribution is 2.23. The molecule has 7 nitrogen and oxygen atoms in total. The summed E-state index contributed by atoms with van der Waals surface area (Å²) in [6.45, 7) is 7.06. The quantitative estimate of drug-likeness (QED) is 0.202. The molecule has 1 aromatic carbocycles. The Hall–Kier alpha value is -1.10. The zero-order valence-corrected chi connectivity index (χ0v) is 20.2. The Labute approximate surface area is 191 Å². The van der Waals surface area contributed by atoms with E-state index in [9.17, 15) is 0 Å². The molecule has 2 N–H and O–H groups in total. The monoisotopic (exact) mass is 521 g/mol. The molecular formula is C21H36IN3O4. The topological polar surface area (TPSA) is 73.3 Å². The number of hydrogen-bond donors (Lipinski definition) is 2. The van der Waals surface area contributed by atoms with Gasteiger partial charge < -0.3 is 29.6 Å². The number of benzene rings is 1. The van der Waals surface area contributed by atoms with Gasteiger partial charge in [0.15, 0.2) is 5.96 Å². The molecule has 0 atom stereocenters. The maximum Gasteiger partial charge on any atom is 0.191 e. The first-order valence-electron chi connectivity index (χ1n) is 10.1. The minimum atomic E-state index is -0.202. The lowest BCUT2D eigenvalue weighted by molar-refractivity contribution is -0.0855. The largest absolute Gasteiger partial charge is 0.497 e. The van der Waals surface area contributed by atoms with Crippen molar-refractivity contribution in [2.24, 2.45) is 4.99 Å². The molecule has 29 heavy (non-hydrogen) atoms. The zero-order valence-electron chi connectivity index (χ0n) is 17.9. The lowest BCUT2D eigenvalue weighted by Crippen LogP contribution is -2.51. The maximum absolute atomic E-state index is 5.82. The van der Waals surface area contributed by atoms with Gasteiger partial charge in [0.1, 0.15) is 5.75 Å². The first kappa shape index (κ1) is 25.9. The van der Waals surface area contributed by atoms with Gasteiger partial charge in [-0.25, -0.2) is 4.99 Å². The van der Waals surface area contributed by atoms with E-state index in [0.29, 0.717) is 13.1 Å². The van der Waals surface area contributed by atoms with Crippen LogP contribution < -0.4 is 15.4 Å². The van der Waals surface area contributed by atoms with Gasteiger partial charge >= 0.3 is 0 Å². The summed E-state index contributed by atoms with van der Waals surface area (Å²) in [4.78, 5) is 4.74. The number of halogens is 1. The lowest BCUT2D eigenvalue weighted by atomic mass is 9.94. The van der Waals surface area contributed by atoms with E-state index in [1.165, 1.54) is 0 Å². The summed E-state index contributed by atoms with van der Waals surface area (Å²) in [5, 5.41) is 6.86. The molecule has 0 aromatic heterocycles. The Morgan fingerprint density at radius 3 is 2.48 bits per heavy atom. The molecule has 8 heteroatoms. The first-order chi connectivity index (χ1) is 13.7. The lowest BCUT2D eigenvalue weighted by Gasteiger charge is -2.36. The highest BCUT2D eigenvalue weighted by molar-refractivity contribution is 14.0. The fourth-order valence-corrected chi connectivity index (χ4v) is 3.04. The molecule has 2 rings (SSSR count). The number of methoxy groups -OCH3 is 2. The molecule has 1 fully saturated rings. The molecule has 1 aliphatic rings. The van der Waals surface area contributed by atoms with Crippen molar-refractivity contribution in [1.82, 2.24) is 10.6 Å². The summed E-state index contributed by atoms with van der Waals surface area (Å²) < 4.78 is 21.9. The number of nitrogens with zero attached hydrogens (tertiary/aromatic N) is 1. The van der Waals surface area contributed by atoms with Gasteiger partial charge in [0.25, 0.3) is 0 Å². The van der Waals surface area contributed by atoms with E-state index in [-0.39, 0.29) is 29.6 Å². The minimum Gasteiger partial charge on any atom is -0.497 e. The fraction of sp³-hybridized carbons (Fsp3) is 0.667. The van der Waals surface area contributed by atoms with Gasteiger partial charge in [0, 0.05) is 59.5 Å². The third-order valence-corrected chi connectivity index (χ3v) is 4.96. The van der Waals surface area contributed by atoms with Crippen LogP contribution >= 0.6 is 24.0 Å². The van der Waals surface area contributed by atoms with E-state index in [1.54, 1.807) is 14.2 Å². The van der Waals surface area contributed by atoms with E-state index < -0.39 is 0 Å². The average Bonchev–Trinajstić information content (AvgIpc) is 2.76. The fourth-order valence-electron chi connectivity index (χ4n) is 3.04. The van der Waals surface area contributed by atoms with E-state index in [4.69, 9.17) is 23.9 Å². The maximum atomic E-state index is 5.82. The molecule has 0 amide bonds. The molecule has 1 heterocycles. The van der Waals surface area contributed by atoms with Crippen LogP contribution in [0, 0.1) is 0 Å². The normalized spacial score (nSPS) is 16.0. The number of aliphatic imine (C=N–C) groups is 1. The van der Waals surface area contributed by atoms with Crippen molar-refractivity contribution in [2.45, 2.75) is 38.3 Å². The van der Waals surface area contributed by atoms with Gasteiger partial charge in [-0.05, 0) is 31.0 Å². The molecule has 166 valence electrons. The van der Waals surface area contributed by atoms with Crippen LogP contribution in [0.25, 0.3) is 0 Å². The minimum absolute atomic E-state index is 0. The van der Waals surface area contributed by atoms with Crippen molar-refractivity contribution >= 4 is 29.9 Å². The molecule has 1 aromatic rings. The highest BCUT2D eigenvalue weighted by Gasteiger charge is 2.32. The van der Waals surface area contributed by atoms with E-state index in [1.807, 2.05) is 31.2 Å². The van der Waals surface area contributed by atoms with E-state index >= 15 is 0 Å². The zero-order chi connectivity index (χ0) is 20.1. The first-order valence-corrected chi connectivity index (χ1v) is 10.1. The standard InChI is InChI=1S/C21H35N3O4.HI/c1-4-27-13-5-12-22-20(23-16-18-6-8-19(25-2)9-7-18)24-17-21(26-3)10-14-28-15-11-21;/h6-9H,4-5,10-17H2,1-3H3,(H2,22,23,24);1H. The van der Waals surface area contributed by atoms with Gasteiger partial charge in [-0.3, -0.25) is 0 Å². The van der Waals surface area contributed by atoms with Crippen molar-refractivity contribution < 1.29 is 18.9 Å². The number of ether oxygens (including phenoxy) is 4. The Bertz CT molecular complexity index is 578. The molecule has 0 bridgehead atoms. The van der Waals surface area contributed by atoms with Crippen LogP contribution in [0.2, 0.25) is 0 Å². The van der Waals surface area contributed by atoms with E-state index in [0.717, 1.165) is 69.5 Å². The Balaban J connectivity index is 0.00000420. The second kappa shape index (κ2) is 14.8. The highest BCUT2D eigenvalue weighted by atomic mass is 127. The summed E-state index contributed by atoms with van der Waals surface area (Å²) in [5.41, 5.74) is 0.926. The van der Waals surface area contributed by atoms with Gasteiger partial charge in [0.2, 0.25) is 0 Å². The number of rotatable bonds is 11. The third-order valence-electron chi connectivity index (χ3n) is 4.96. The SMILES string of the molecule is CCOCCCNC(=NCc1ccc(OC)cc1)NCC1(OC)CCOCC1.I. The summed E-state index contributed by atoms with van der Waals surface area (Å²) in [7, 11) is 3.44. The summed E-state index contributed by atoms with van der Waals surface area (Å²) in [6, 6.07) is 7.97. The van der Waals surface area contributed by atoms with Crippen LogP contribution in [0.5, 0.6) is 5.75 Å². The number of nitrogens with one attached hydrogen (secondary N) is 2. The Kier molecular flexibility index (Phi) is 13.2. The van der Waals surface area contributed by atoms with Gasteiger partial charge in [0.05, 0.1) is 19.3 Å². The predicted octanol–water partition coefficient (Wildman–Crippen LogP) is 2.97. The number of hydrogen-bond acceptors (Lipinski definition) is 5. The van der Waals surface area contributed by atoms with Crippen molar-refractivity contribution in [3.8, 4) is 5.75 Å². The molecule has 1 aliphatic heterocycles. The molecule has 0 radical (unpaired) electrons. The van der Waals surface area contributed by atoms with Crippen molar-refractivity contribution in [2.75, 3.05) is 53.7 Å². The average molecular weight is 521 g/mol. The van der Waals surface area contributed by atoms with Crippen LogP contribution in [0.15, 0.2) is 29.3 Å². The molecule has 0 spiro atoms. The van der Waals surface area contributed by atoms with Crippen LogP contribution in [0.3, 0.4) is 0 Å². The number of guanidine groups is 1. The Morgan fingerprint density at radius 1 is 1.14 bits per heavy atom. The summed E-state index contributed by atoms with van der Waals surface area (Å²) in [6.07, 6.45) is 2.69. The second-order valence-electron chi connectivity index (χ2n) is 6.84. The van der Waals surface area contributed by atoms with Gasteiger partial charge in [-0.1, -0.05) is 12.1 Å². The third kappa shape index (κ3) is 9.50. The van der Waals surface area contributed by atoms with Crippen LogP contribution in [0.4, 0.5) is 0 Å². The summed E-state index contributed by atoms with van der Waals surface area (Å²) in [5.74, 6) is 1.64. The second-order valence-corrected chi connectivity index (χ2v) is 6.84. The molecule has 0 aliphatic carbocycles. The van der Waals surface area contributed by atoms with Crippen LogP contribution in [-0.4, -0.2) is 65.3 Å². The smallest absolute Gasteiger partial charge is 0.191 e. The van der Waals surface area contributed by atoms with Crippen molar-refractivity contribution in [1.29, 1.82) is 0 Å². The molecule has 0 saturated carbocycles. The molecular weight excluding hydrogens is 485 g/mol. The molecule has 1 saturated heterocycles. The van der Waals surface area contributed by atoms with Crippen molar-refractivity contribution in [3.05, 3.63) is 29.8 Å². The van der Waals surface area contributed by atoms with Gasteiger partial charge in [-0.2, -0.15) is 0 Å². The van der Waals surface area contributed by atoms with Gasteiger partial charge in [-0.15, -0.1) is 24.0 Å². The van der Waals surface area contributed by atoms with Crippen LogP contribution in [-0.2, 0) is 20.8 Å². The molecule has 0 unspecified atom stereocenters. The Morgan fingerprint density at radius 2 is 1.86 bits per heavy atom. The van der Waals surface area contributed by atoms with Crippen molar-refractivity contribution in [3.63, 3.8) is 0 Å².